The summed E-state index contributed by atoms with van der Waals surface area (Å²) in [6, 6.07) is 10.4. The van der Waals surface area contributed by atoms with E-state index in [1.807, 2.05) is 18.2 Å². The van der Waals surface area contributed by atoms with Crippen LogP contribution in [0.3, 0.4) is 0 Å². The molecule has 0 saturated carbocycles. The number of carbonyl (C=O) groups is 1. The molecule has 6 heteroatoms. The second kappa shape index (κ2) is 5.73. The predicted molar refractivity (Wildman–Crippen MR) is 78.5 cm³/mol. The van der Waals surface area contributed by atoms with Gasteiger partial charge in [0.15, 0.2) is 11.6 Å². The van der Waals surface area contributed by atoms with Crippen molar-refractivity contribution in [3.63, 3.8) is 0 Å². The van der Waals surface area contributed by atoms with Gasteiger partial charge in [0.25, 0.3) is 5.91 Å². The molecule has 22 heavy (non-hydrogen) atoms. The lowest BCUT2D eigenvalue weighted by Crippen LogP contribution is -2.43. The smallest absolute Gasteiger partial charge is 0.256 e. The van der Waals surface area contributed by atoms with Crippen molar-refractivity contribution in [2.24, 2.45) is 0 Å². The molecule has 0 aliphatic carbocycles. The first-order chi connectivity index (χ1) is 10.6. The average Bonchev–Trinajstić information content (AvgIpc) is 2.53. The Morgan fingerprint density at radius 3 is 2.55 bits per heavy atom. The van der Waals surface area contributed by atoms with E-state index in [-0.39, 0.29) is 18.3 Å². The molecule has 1 atom stereocenters. The molecule has 0 spiro atoms. The summed E-state index contributed by atoms with van der Waals surface area (Å²) in [5.74, 6) is -2.26. The molecule has 1 aliphatic heterocycles. The molecule has 2 aromatic carbocycles. The summed E-state index contributed by atoms with van der Waals surface area (Å²) < 4.78 is 32.0. The zero-order chi connectivity index (χ0) is 15.7. The Kier molecular flexibility index (Phi) is 3.77. The van der Waals surface area contributed by atoms with E-state index in [4.69, 9.17) is 4.74 Å². The second-order valence-electron chi connectivity index (χ2n) is 4.96. The number of benzene rings is 2. The first-order valence-electron chi connectivity index (χ1n) is 6.72. The summed E-state index contributed by atoms with van der Waals surface area (Å²) in [5.41, 5.74) is 1.35. The van der Waals surface area contributed by atoms with Crippen LogP contribution in [-0.4, -0.2) is 19.7 Å². The van der Waals surface area contributed by atoms with Gasteiger partial charge in [-0.2, -0.15) is 0 Å². The number of nitrogens with zero attached hydrogens (tertiary/aromatic N) is 1. The van der Waals surface area contributed by atoms with Crippen molar-refractivity contribution in [1.82, 2.24) is 0 Å². The SMILES string of the molecule is COCN1C(=O)C(c2ccccc2)Nc2cc(F)c(F)cc21. The van der Waals surface area contributed by atoms with E-state index >= 15 is 0 Å². The molecular weight excluding hydrogens is 290 g/mol. The van der Waals surface area contributed by atoms with Crippen molar-refractivity contribution >= 4 is 17.3 Å². The molecule has 1 amide bonds. The molecule has 0 saturated heterocycles. The average molecular weight is 304 g/mol. The Bertz CT molecular complexity index is 707. The molecule has 114 valence electrons. The molecule has 0 aromatic heterocycles. The van der Waals surface area contributed by atoms with Crippen LogP contribution in [0.4, 0.5) is 20.2 Å². The Morgan fingerprint density at radius 2 is 1.86 bits per heavy atom. The number of carbonyl (C=O) groups excluding carboxylic acids is 1. The summed E-state index contributed by atoms with van der Waals surface area (Å²) in [6.45, 7) is -0.0398. The Balaban J connectivity index is 2.08. The van der Waals surface area contributed by atoms with Gasteiger partial charge in [-0.15, -0.1) is 0 Å². The lowest BCUT2D eigenvalue weighted by atomic mass is 10.0. The van der Waals surface area contributed by atoms with Gasteiger partial charge in [0, 0.05) is 19.2 Å². The lowest BCUT2D eigenvalue weighted by molar-refractivity contribution is -0.120. The number of ether oxygens (including phenoxy) is 1. The maximum atomic E-state index is 13.5. The molecule has 4 nitrogen and oxygen atoms in total. The largest absolute Gasteiger partial charge is 0.368 e. The van der Waals surface area contributed by atoms with Crippen LogP contribution >= 0.6 is 0 Å². The van der Waals surface area contributed by atoms with Crippen molar-refractivity contribution in [1.29, 1.82) is 0 Å². The number of amides is 1. The number of anilines is 2. The minimum Gasteiger partial charge on any atom is -0.368 e. The fraction of sp³-hybridized carbons (Fsp3) is 0.188. The van der Waals surface area contributed by atoms with Crippen LogP contribution in [0.25, 0.3) is 0 Å². The maximum absolute atomic E-state index is 13.5. The number of methoxy groups -OCH3 is 1. The highest BCUT2D eigenvalue weighted by atomic mass is 19.2. The van der Waals surface area contributed by atoms with Crippen molar-refractivity contribution in [3.8, 4) is 0 Å². The molecule has 1 aliphatic rings. The van der Waals surface area contributed by atoms with Crippen LogP contribution in [0.1, 0.15) is 11.6 Å². The van der Waals surface area contributed by atoms with Crippen LogP contribution in [-0.2, 0) is 9.53 Å². The van der Waals surface area contributed by atoms with Gasteiger partial charge in [-0.05, 0) is 5.56 Å². The van der Waals surface area contributed by atoms with E-state index in [0.717, 1.165) is 17.7 Å². The molecule has 0 radical (unpaired) electrons. The molecule has 1 N–H and O–H groups in total. The quantitative estimate of drug-likeness (QED) is 0.947. The monoisotopic (exact) mass is 304 g/mol. The molecular formula is C16H14F2N2O2. The van der Waals surface area contributed by atoms with E-state index < -0.39 is 17.7 Å². The number of nitrogens with one attached hydrogen (secondary N) is 1. The van der Waals surface area contributed by atoms with Gasteiger partial charge in [-0.25, -0.2) is 8.78 Å². The lowest BCUT2D eigenvalue weighted by Gasteiger charge is -2.35. The topological polar surface area (TPSA) is 41.6 Å². The number of hydrogen-bond acceptors (Lipinski definition) is 3. The Labute approximate surface area is 126 Å². The van der Waals surface area contributed by atoms with E-state index in [1.165, 1.54) is 12.0 Å². The second-order valence-corrected chi connectivity index (χ2v) is 4.96. The van der Waals surface area contributed by atoms with Crippen molar-refractivity contribution < 1.29 is 18.3 Å². The van der Waals surface area contributed by atoms with Gasteiger partial charge in [0.2, 0.25) is 0 Å². The molecule has 2 aromatic rings. The molecule has 3 rings (SSSR count). The van der Waals surface area contributed by atoms with E-state index in [0.29, 0.717) is 5.69 Å². The van der Waals surface area contributed by atoms with Gasteiger partial charge in [-0.3, -0.25) is 9.69 Å². The van der Waals surface area contributed by atoms with E-state index in [9.17, 15) is 13.6 Å². The Morgan fingerprint density at radius 1 is 1.18 bits per heavy atom. The van der Waals surface area contributed by atoms with Gasteiger partial charge in [0.1, 0.15) is 12.8 Å². The first kappa shape index (κ1) is 14.5. The molecule has 0 bridgehead atoms. The predicted octanol–water partition coefficient (Wildman–Crippen LogP) is 3.07. The molecule has 0 fully saturated rings. The minimum atomic E-state index is -1.01. The number of hydrogen-bond donors (Lipinski definition) is 1. The number of rotatable bonds is 3. The van der Waals surface area contributed by atoms with Gasteiger partial charge < -0.3 is 10.1 Å². The summed E-state index contributed by atoms with van der Waals surface area (Å²) in [5, 5.41) is 2.97. The third kappa shape index (κ3) is 2.42. The summed E-state index contributed by atoms with van der Waals surface area (Å²) in [4.78, 5) is 13.9. The van der Waals surface area contributed by atoms with Crippen LogP contribution in [0.15, 0.2) is 42.5 Å². The highest BCUT2D eigenvalue weighted by Gasteiger charge is 2.34. The fourth-order valence-electron chi connectivity index (χ4n) is 2.50. The van der Waals surface area contributed by atoms with E-state index in [1.54, 1.807) is 12.1 Å². The summed E-state index contributed by atoms with van der Waals surface area (Å²) in [7, 11) is 1.44. The number of fused-ring (bicyclic) bond motifs is 1. The van der Waals surface area contributed by atoms with Gasteiger partial charge in [-0.1, -0.05) is 30.3 Å². The molecule has 1 heterocycles. The van der Waals surface area contributed by atoms with Gasteiger partial charge in [0.05, 0.1) is 11.4 Å². The third-order valence-electron chi connectivity index (χ3n) is 3.53. The number of halogens is 2. The fourth-order valence-corrected chi connectivity index (χ4v) is 2.50. The normalized spacial score (nSPS) is 17.1. The molecule has 1 unspecified atom stereocenters. The van der Waals surface area contributed by atoms with Crippen molar-refractivity contribution in [3.05, 3.63) is 59.7 Å². The van der Waals surface area contributed by atoms with Crippen LogP contribution < -0.4 is 10.2 Å². The summed E-state index contributed by atoms with van der Waals surface area (Å²) >= 11 is 0. The third-order valence-corrected chi connectivity index (χ3v) is 3.53. The summed E-state index contributed by atoms with van der Waals surface area (Å²) in [6.07, 6.45) is 0. The van der Waals surface area contributed by atoms with Crippen molar-refractivity contribution in [2.45, 2.75) is 6.04 Å². The maximum Gasteiger partial charge on any atom is 0.256 e. The standard InChI is InChI=1S/C16H14F2N2O2/c1-22-9-20-14-8-12(18)11(17)7-13(14)19-15(16(20)21)10-5-3-2-4-6-10/h2-8,15,19H,9H2,1H3. The highest BCUT2D eigenvalue weighted by Crippen LogP contribution is 2.37. The van der Waals surface area contributed by atoms with Crippen molar-refractivity contribution in [2.75, 3.05) is 24.1 Å². The minimum absolute atomic E-state index is 0.0398. The van der Waals surface area contributed by atoms with E-state index in [2.05, 4.69) is 5.32 Å². The zero-order valence-electron chi connectivity index (χ0n) is 11.8. The van der Waals surface area contributed by atoms with Crippen LogP contribution in [0.2, 0.25) is 0 Å². The highest BCUT2D eigenvalue weighted by molar-refractivity contribution is 6.05. The Hall–Kier alpha value is -2.47. The van der Waals surface area contributed by atoms with Gasteiger partial charge >= 0.3 is 0 Å². The zero-order valence-corrected chi connectivity index (χ0v) is 11.8. The first-order valence-corrected chi connectivity index (χ1v) is 6.72. The van der Waals surface area contributed by atoms with Crippen LogP contribution in [0, 0.1) is 11.6 Å². The van der Waals surface area contributed by atoms with Crippen LogP contribution in [0.5, 0.6) is 0 Å².